The quantitative estimate of drug-likeness (QED) is 0.629. The van der Waals surface area contributed by atoms with Crippen LogP contribution in [0.15, 0.2) is 40.9 Å². The number of benzene rings is 2. The molecule has 2 saturated heterocycles. The number of carbonyl (C=O) groups excluding carboxylic acids is 2. The summed E-state index contributed by atoms with van der Waals surface area (Å²) in [5, 5.41) is 0. The smallest absolute Gasteiger partial charge is 0.411 e. The van der Waals surface area contributed by atoms with Crippen molar-refractivity contribution in [2.45, 2.75) is 37.5 Å². The molecule has 2 aliphatic heterocycles. The Balaban J connectivity index is 1.31. The largest absolute Gasteiger partial charge is 0.493 e. The summed E-state index contributed by atoms with van der Waals surface area (Å²) in [4.78, 5) is 29.7. The van der Waals surface area contributed by atoms with E-state index in [1.165, 1.54) is 11.1 Å². The lowest BCUT2D eigenvalue weighted by molar-refractivity contribution is 0.0634. The van der Waals surface area contributed by atoms with Crippen LogP contribution in [0.1, 0.15) is 40.4 Å². The van der Waals surface area contributed by atoms with Crippen molar-refractivity contribution in [1.82, 2.24) is 9.80 Å². The summed E-state index contributed by atoms with van der Waals surface area (Å²) < 4.78 is 17.0. The molecule has 0 unspecified atom stereocenters. The molecule has 2 atom stereocenters. The van der Waals surface area contributed by atoms with Gasteiger partial charge in [-0.3, -0.25) is 9.69 Å². The van der Waals surface area contributed by atoms with Crippen LogP contribution >= 0.6 is 15.9 Å². The van der Waals surface area contributed by atoms with E-state index < -0.39 is 0 Å². The first-order valence-electron chi connectivity index (χ1n) is 10.8. The number of carbonyl (C=O) groups is 2. The molecule has 2 amide bonds. The van der Waals surface area contributed by atoms with Crippen molar-refractivity contribution < 1.29 is 23.8 Å². The highest BCUT2D eigenvalue weighted by atomic mass is 79.9. The minimum atomic E-state index is -0.234. The molecule has 2 heterocycles. The second kappa shape index (κ2) is 8.31. The minimum absolute atomic E-state index is 0.0223. The average molecular weight is 501 g/mol. The molecule has 1 aliphatic carbocycles. The van der Waals surface area contributed by atoms with Crippen LogP contribution in [0.5, 0.6) is 11.5 Å². The molecule has 0 N–H and O–H groups in total. The number of halogens is 1. The van der Waals surface area contributed by atoms with Gasteiger partial charge in [-0.2, -0.15) is 0 Å². The number of piperidine rings is 1. The van der Waals surface area contributed by atoms with E-state index in [1.54, 1.807) is 26.4 Å². The highest BCUT2D eigenvalue weighted by molar-refractivity contribution is 9.10. The van der Waals surface area contributed by atoms with E-state index in [1.807, 2.05) is 21.9 Å². The predicted molar refractivity (Wildman–Crippen MR) is 121 cm³/mol. The van der Waals surface area contributed by atoms with E-state index in [-0.39, 0.29) is 30.2 Å². The molecule has 2 aromatic carbocycles. The third-order valence-electron chi connectivity index (χ3n) is 6.76. The Kier molecular flexibility index (Phi) is 5.49. The van der Waals surface area contributed by atoms with Crippen molar-refractivity contribution in [3.05, 3.63) is 57.6 Å². The summed E-state index contributed by atoms with van der Waals surface area (Å²) in [5.41, 5.74) is 2.98. The van der Waals surface area contributed by atoms with Gasteiger partial charge in [0.1, 0.15) is 6.10 Å². The van der Waals surface area contributed by atoms with Crippen LogP contribution in [0.25, 0.3) is 0 Å². The number of nitrogens with zero attached hydrogens (tertiary/aromatic N) is 2. The minimum Gasteiger partial charge on any atom is -0.493 e. The maximum atomic E-state index is 13.2. The van der Waals surface area contributed by atoms with Gasteiger partial charge >= 0.3 is 6.09 Å². The first-order chi connectivity index (χ1) is 15.5. The van der Waals surface area contributed by atoms with Gasteiger partial charge in [0.25, 0.3) is 5.91 Å². The van der Waals surface area contributed by atoms with E-state index in [2.05, 4.69) is 28.1 Å². The first-order valence-corrected chi connectivity index (χ1v) is 11.6. The van der Waals surface area contributed by atoms with Gasteiger partial charge in [0.15, 0.2) is 11.5 Å². The number of fused-ring (bicyclic) bond motifs is 3. The number of methoxy groups -OCH3 is 2. The summed E-state index contributed by atoms with van der Waals surface area (Å²) >= 11 is 3.49. The van der Waals surface area contributed by atoms with Crippen LogP contribution in [-0.4, -0.2) is 61.3 Å². The van der Waals surface area contributed by atoms with Gasteiger partial charge in [-0.25, -0.2) is 4.79 Å². The number of likely N-dealkylation sites (tertiary alicyclic amines) is 1. The molecule has 0 saturated carbocycles. The van der Waals surface area contributed by atoms with E-state index in [9.17, 15) is 9.59 Å². The number of amides is 2. The third-order valence-corrected chi connectivity index (χ3v) is 7.41. The summed E-state index contributed by atoms with van der Waals surface area (Å²) in [5.74, 6) is 1.01. The molecule has 5 rings (SSSR count). The van der Waals surface area contributed by atoms with Gasteiger partial charge in [0.2, 0.25) is 0 Å². The van der Waals surface area contributed by atoms with Gasteiger partial charge in [0.05, 0.1) is 25.8 Å². The molecular formula is C24H25BrN2O5. The number of rotatable bonds is 4. The van der Waals surface area contributed by atoms with E-state index in [0.717, 1.165) is 19.3 Å². The van der Waals surface area contributed by atoms with Crippen molar-refractivity contribution >= 4 is 27.9 Å². The van der Waals surface area contributed by atoms with Crippen LogP contribution in [-0.2, 0) is 11.2 Å². The van der Waals surface area contributed by atoms with Crippen molar-refractivity contribution in [3.8, 4) is 11.5 Å². The van der Waals surface area contributed by atoms with Crippen LogP contribution in [0.3, 0.4) is 0 Å². The monoisotopic (exact) mass is 500 g/mol. The summed E-state index contributed by atoms with van der Waals surface area (Å²) in [6.07, 6.45) is 1.87. The fraction of sp³-hybridized carbons (Fsp3) is 0.417. The Morgan fingerprint density at radius 3 is 2.50 bits per heavy atom. The van der Waals surface area contributed by atoms with Crippen LogP contribution in [0.4, 0.5) is 4.79 Å². The molecule has 0 aromatic heterocycles. The predicted octanol–water partition coefficient (Wildman–Crippen LogP) is 4.19. The average Bonchev–Trinajstić information content (AvgIpc) is 3.32. The molecule has 7 nitrogen and oxygen atoms in total. The van der Waals surface area contributed by atoms with Crippen molar-refractivity contribution in [2.24, 2.45) is 0 Å². The summed E-state index contributed by atoms with van der Waals surface area (Å²) in [6, 6.07) is 11.7. The first kappa shape index (κ1) is 21.1. The second-order valence-electron chi connectivity index (χ2n) is 8.39. The second-order valence-corrected chi connectivity index (χ2v) is 9.24. The Bertz CT molecular complexity index is 1070. The highest BCUT2D eigenvalue weighted by Crippen LogP contribution is 2.45. The summed E-state index contributed by atoms with van der Waals surface area (Å²) in [7, 11) is 3.11. The maximum absolute atomic E-state index is 13.2. The SMILES string of the molecule is COc1cc(Br)c(C(=O)N2CCC(N3C(=O)O[C@@H]4Cc5ccccc5[C@@H]43)CC2)cc1OC. The van der Waals surface area contributed by atoms with Crippen molar-refractivity contribution in [2.75, 3.05) is 27.3 Å². The molecule has 0 bridgehead atoms. The Morgan fingerprint density at radius 1 is 1.09 bits per heavy atom. The Labute approximate surface area is 195 Å². The number of hydrogen-bond acceptors (Lipinski definition) is 5. The normalized spacial score (nSPS) is 22.4. The zero-order chi connectivity index (χ0) is 22.4. The van der Waals surface area contributed by atoms with Gasteiger partial charge in [0, 0.05) is 30.0 Å². The number of hydrogen-bond donors (Lipinski definition) is 0. The fourth-order valence-electron chi connectivity index (χ4n) is 5.19. The Hall–Kier alpha value is -2.74. The van der Waals surface area contributed by atoms with Crippen molar-refractivity contribution in [3.63, 3.8) is 0 Å². The van der Waals surface area contributed by atoms with Crippen LogP contribution in [0, 0.1) is 0 Å². The zero-order valence-corrected chi connectivity index (χ0v) is 19.6. The number of ether oxygens (including phenoxy) is 3. The fourth-order valence-corrected chi connectivity index (χ4v) is 5.68. The molecule has 32 heavy (non-hydrogen) atoms. The molecule has 2 fully saturated rings. The zero-order valence-electron chi connectivity index (χ0n) is 18.0. The van der Waals surface area contributed by atoms with E-state index in [4.69, 9.17) is 14.2 Å². The summed E-state index contributed by atoms with van der Waals surface area (Å²) in [6.45, 7) is 1.15. The Morgan fingerprint density at radius 2 is 1.78 bits per heavy atom. The van der Waals surface area contributed by atoms with E-state index in [0.29, 0.717) is 34.6 Å². The molecule has 0 radical (unpaired) electrons. The van der Waals surface area contributed by atoms with Gasteiger partial charge in [-0.15, -0.1) is 0 Å². The maximum Gasteiger partial charge on any atom is 0.411 e. The van der Waals surface area contributed by atoms with Gasteiger partial charge in [-0.05, 0) is 52.0 Å². The molecule has 3 aliphatic rings. The molecule has 0 spiro atoms. The van der Waals surface area contributed by atoms with Crippen LogP contribution in [0.2, 0.25) is 0 Å². The highest BCUT2D eigenvalue weighted by Gasteiger charge is 2.50. The molecule has 2 aromatic rings. The van der Waals surface area contributed by atoms with Crippen molar-refractivity contribution in [1.29, 1.82) is 0 Å². The van der Waals surface area contributed by atoms with Gasteiger partial charge < -0.3 is 19.1 Å². The van der Waals surface area contributed by atoms with Crippen LogP contribution < -0.4 is 9.47 Å². The molecular weight excluding hydrogens is 476 g/mol. The standard InChI is InChI=1S/C24H25BrN2O5/c1-30-19-12-17(18(25)13-20(19)31-2)23(28)26-9-7-15(8-10-26)27-22-16-6-4-3-5-14(16)11-21(22)32-24(27)29/h3-6,12-13,15,21-22H,7-11H2,1-2H3/t21-,22+/m1/s1. The lowest BCUT2D eigenvalue weighted by atomic mass is 9.98. The lowest BCUT2D eigenvalue weighted by Crippen LogP contribution is -2.47. The molecule has 168 valence electrons. The van der Waals surface area contributed by atoms with E-state index >= 15 is 0 Å². The third kappa shape index (κ3) is 3.41. The van der Waals surface area contributed by atoms with Gasteiger partial charge in [-0.1, -0.05) is 24.3 Å². The molecule has 8 heteroatoms. The lowest BCUT2D eigenvalue weighted by Gasteiger charge is -2.38. The topological polar surface area (TPSA) is 68.3 Å².